The standard InChI is InChI=1S/C5H9Cl3Se/c1-4(6)5(2)9(3,7)8/h1-3H3/b5-4+. The van der Waals surface area contributed by atoms with E-state index in [4.69, 9.17) is 31.8 Å². The van der Waals surface area contributed by atoms with Gasteiger partial charge in [-0.25, -0.2) is 0 Å². The van der Waals surface area contributed by atoms with Gasteiger partial charge in [0.2, 0.25) is 0 Å². The molecule has 0 aliphatic carbocycles. The van der Waals surface area contributed by atoms with Crippen molar-refractivity contribution in [3.05, 3.63) is 9.50 Å². The molecular weight excluding hydrogens is 245 g/mol. The maximum atomic E-state index is 5.86. The number of hydrogen-bond donors (Lipinski definition) is 0. The Morgan fingerprint density at radius 2 is 1.56 bits per heavy atom. The molecule has 0 aromatic rings. The summed E-state index contributed by atoms with van der Waals surface area (Å²) < 4.78 is 0.955. The van der Waals surface area contributed by atoms with Gasteiger partial charge in [0.25, 0.3) is 0 Å². The van der Waals surface area contributed by atoms with E-state index in [2.05, 4.69) is 0 Å². The van der Waals surface area contributed by atoms with Crippen molar-refractivity contribution in [2.75, 3.05) is 0 Å². The van der Waals surface area contributed by atoms with Crippen LogP contribution in [0, 0.1) is 0 Å². The van der Waals surface area contributed by atoms with Crippen LogP contribution in [0.2, 0.25) is 5.82 Å². The van der Waals surface area contributed by atoms with Crippen molar-refractivity contribution in [2.45, 2.75) is 19.7 Å². The molecule has 0 aromatic heterocycles. The van der Waals surface area contributed by atoms with Gasteiger partial charge in [-0.3, -0.25) is 0 Å². The van der Waals surface area contributed by atoms with E-state index in [1.54, 1.807) is 6.92 Å². The molecular formula is C5H9Cl3Se. The van der Waals surface area contributed by atoms with Crippen LogP contribution in [0.5, 0.6) is 0 Å². The molecule has 0 nitrogen and oxygen atoms in total. The second-order valence-corrected chi connectivity index (χ2v) is 13.9. The van der Waals surface area contributed by atoms with E-state index >= 15 is 0 Å². The number of hydrogen-bond acceptors (Lipinski definition) is 0. The molecule has 0 aromatic carbocycles. The molecule has 0 aliphatic heterocycles. The van der Waals surface area contributed by atoms with E-state index < -0.39 is 11.0 Å². The van der Waals surface area contributed by atoms with E-state index in [0.29, 0.717) is 0 Å². The van der Waals surface area contributed by atoms with Crippen LogP contribution in [0.25, 0.3) is 0 Å². The van der Waals surface area contributed by atoms with Gasteiger partial charge in [-0.1, -0.05) is 0 Å². The second-order valence-electron chi connectivity index (χ2n) is 1.82. The van der Waals surface area contributed by atoms with Crippen LogP contribution in [0.1, 0.15) is 13.8 Å². The number of rotatable bonds is 1. The van der Waals surface area contributed by atoms with Crippen molar-refractivity contribution in [2.24, 2.45) is 0 Å². The zero-order valence-electron chi connectivity index (χ0n) is 5.54. The molecule has 0 rings (SSSR count). The van der Waals surface area contributed by atoms with Crippen LogP contribution in [-0.4, -0.2) is 11.0 Å². The van der Waals surface area contributed by atoms with E-state index in [9.17, 15) is 0 Å². The number of halogens is 3. The Kier molecular flexibility index (Phi) is 3.94. The Labute approximate surface area is 71.8 Å². The average molecular weight is 254 g/mol. The van der Waals surface area contributed by atoms with Crippen LogP contribution in [0.4, 0.5) is 0 Å². The van der Waals surface area contributed by atoms with Crippen molar-refractivity contribution in [3.8, 4) is 0 Å². The van der Waals surface area contributed by atoms with Crippen molar-refractivity contribution >= 4 is 42.8 Å². The molecule has 56 valence electrons. The summed E-state index contributed by atoms with van der Waals surface area (Å²) in [7, 11) is 11.7. The van der Waals surface area contributed by atoms with Gasteiger partial charge in [-0.05, 0) is 0 Å². The van der Waals surface area contributed by atoms with Gasteiger partial charge in [-0.2, -0.15) is 0 Å². The molecule has 0 heterocycles. The van der Waals surface area contributed by atoms with Crippen LogP contribution >= 0.6 is 31.8 Å². The molecule has 0 amide bonds. The molecule has 0 spiro atoms. The summed E-state index contributed by atoms with van der Waals surface area (Å²) in [5, 5.41) is 0.725. The SMILES string of the molecule is C/C(Cl)=C(/C)[Se](C)(Cl)Cl. The van der Waals surface area contributed by atoms with Gasteiger partial charge in [-0.15, -0.1) is 0 Å². The minimum absolute atomic E-state index is 0.725. The van der Waals surface area contributed by atoms with E-state index in [1.165, 1.54) is 0 Å². The molecule has 0 fully saturated rings. The van der Waals surface area contributed by atoms with E-state index in [0.717, 1.165) is 9.50 Å². The third-order valence-corrected chi connectivity index (χ3v) is 6.86. The molecule has 0 N–H and O–H groups in total. The molecule has 9 heavy (non-hydrogen) atoms. The molecule has 0 radical (unpaired) electrons. The predicted molar refractivity (Wildman–Crippen MR) is 47.6 cm³/mol. The van der Waals surface area contributed by atoms with E-state index in [1.807, 2.05) is 12.7 Å². The zero-order chi connectivity index (χ0) is 7.65. The summed E-state index contributed by atoms with van der Waals surface area (Å²) in [5.74, 6) is 1.85. The van der Waals surface area contributed by atoms with Crippen LogP contribution in [0.15, 0.2) is 9.50 Å². The summed E-state index contributed by atoms with van der Waals surface area (Å²) >= 11 is 3.37. The van der Waals surface area contributed by atoms with Gasteiger partial charge in [0.05, 0.1) is 0 Å². The topological polar surface area (TPSA) is 0 Å². The third-order valence-electron chi connectivity index (χ3n) is 1.02. The van der Waals surface area contributed by atoms with Gasteiger partial charge in [0.15, 0.2) is 0 Å². The Morgan fingerprint density at radius 1 is 1.22 bits per heavy atom. The molecule has 0 unspecified atom stereocenters. The Hall–Kier alpha value is 1.13. The minimum atomic E-state index is -2.29. The van der Waals surface area contributed by atoms with Crippen molar-refractivity contribution in [1.82, 2.24) is 0 Å². The quantitative estimate of drug-likeness (QED) is 0.627. The first-order valence-electron chi connectivity index (χ1n) is 2.36. The first-order valence-corrected chi connectivity index (χ1v) is 9.81. The predicted octanol–water partition coefficient (Wildman–Crippen LogP) is 3.61. The normalized spacial score (nSPS) is 17.1. The summed E-state index contributed by atoms with van der Waals surface area (Å²) in [5.41, 5.74) is 0. The molecule has 0 saturated carbocycles. The molecule has 0 bridgehead atoms. The molecule has 4 heteroatoms. The maximum absolute atomic E-state index is 5.86. The number of allylic oxidation sites excluding steroid dienone is 2. The van der Waals surface area contributed by atoms with Crippen LogP contribution < -0.4 is 0 Å². The summed E-state index contributed by atoms with van der Waals surface area (Å²) in [6.45, 7) is 3.68. The van der Waals surface area contributed by atoms with Crippen molar-refractivity contribution in [1.29, 1.82) is 0 Å². The second kappa shape index (κ2) is 3.50. The van der Waals surface area contributed by atoms with Crippen molar-refractivity contribution in [3.63, 3.8) is 0 Å². The van der Waals surface area contributed by atoms with Crippen LogP contribution in [-0.2, 0) is 0 Å². The van der Waals surface area contributed by atoms with Crippen LogP contribution in [0.3, 0.4) is 0 Å². The molecule has 0 atom stereocenters. The Morgan fingerprint density at radius 3 is 1.56 bits per heavy atom. The molecule has 0 aliphatic rings. The molecule has 0 saturated heterocycles. The van der Waals surface area contributed by atoms with Crippen molar-refractivity contribution < 1.29 is 0 Å². The summed E-state index contributed by atoms with van der Waals surface area (Å²) in [6, 6.07) is 0. The Bertz CT molecular complexity index is 130. The van der Waals surface area contributed by atoms with Gasteiger partial charge >= 0.3 is 72.0 Å². The van der Waals surface area contributed by atoms with Gasteiger partial charge in [0, 0.05) is 0 Å². The summed E-state index contributed by atoms with van der Waals surface area (Å²) in [4.78, 5) is 0. The van der Waals surface area contributed by atoms with E-state index in [-0.39, 0.29) is 0 Å². The van der Waals surface area contributed by atoms with Gasteiger partial charge < -0.3 is 0 Å². The zero-order valence-corrected chi connectivity index (χ0v) is 9.52. The van der Waals surface area contributed by atoms with Gasteiger partial charge in [0.1, 0.15) is 0 Å². The Balaban J connectivity index is 4.40. The monoisotopic (exact) mass is 254 g/mol. The fourth-order valence-corrected chi connectivity index (χ4v) is 3.70. The fraction of sp³-hybridized carbons (Fsp3) is 0.600. The first kappa shape index (κ1) is 10.1. The third kappa shape index (κ3) is 3.75. The summed E-state index contributed by atoms with van der Waals surface area (Å²) in [6.07, 6.45) is 0. The average Bonchev–Trinajstić information content (AvgIpc) is 1.62. The first-order chi connectivity index (χ1) is 3.85. The fourth-order valence-electron chi connectivity index (χ4n) is 0.247.